The second-order valence-corrected chi connectivity index (χ2v) is 2.90. The van der Waals surface area contributed by atoms with Gasteiger partial charge in [-0.15, -0.1) is 0 Å². The summed E-state index contributed by atoms with van der Waals surface area (Å²) in [5.74, 6) is -0.525. The number of carboxylic acids is 1. The molecule has 0 saturated heterocycles. The first-order valence-electron chi connectivity index (χ1n) is 4.55. The van der Waals surface area contributed by atoms with Crippen LogP contribution in [0.2, 0.25) is 0 Å². The summed E-state index contributed by atoms with van der Waals surface area (Å²) in [6.45, 7) is 0.615. The molecule has 0 radical (unpaired) electrons. The smallest absolute Gasteiger partial charge is 0.354 e. The molecule has 1 aromatic rings. The number of aromatic carboxylic acids is 1. The molecule has 0 bridgehead atoms. The first kappa shape index (κ1) is 11.0. The lowest BCUT2D eigenvalue weighted by Gasteiger charge is -2.03. The molecule has 2 N–H and O–H groups in total. The van der Waals surface area contributed by atoms with Crippen molar-refractivity contribution in [1.29, 1.82) is 5.26 Å². The molecular weight excluding hydrogens is 194 g/mol. The summed E-state index contributed by atoms with van der Waals surface area (Å²) >= 11 is 0. The van der Waals surface area contributed by atoms with Gasteiger partial charge in [0.25, 0.3) is 0 Å². The summed E-state index contributed by atoms with van der Waals surface area (Å²) < 4.78 is 0. The Bertz CT molecular complexity index is 384. The number of nitriles is 1. The maximum Gasteiger partial charge on any atom is 0.354 e. The van der Waals surface area contributed by atoms with Gasteiger partial charge in [0.1, 0.15) is 5.82 Å². The maximum absolute atomic E-state index is 10.6. The number of rotatable bonds is 5. The molecule has 15 heavy (non-hydrogen) atoms. The van der Waals surface area contributed by atoms with E-state index in [0.717, 1.165) is 6.42 Å². The fourth-order valence-corrected chi connectivity index (χ4v) is 1.04. The average Bonchev–Trinajstić information content (AvgIpc) is 2.25. The summed E-state index contributed by atoms with van der Waals surface area (Å²) in [6, 6.07) is 6.78. The van der Waals surface area contributed by atoms with Crippen LogP contribution in [0.4, 0.5) is 5.82 Å². The predicted molar refractivity (Wildman–Crippen MR) is 54.5 cm³/mol. The van der Waals surface area contributed by atoms with Crippen LogP contribution in [-0.4, -0.2) is 22.6 Å². The minimum Gasteiger partial charge on any atom is -0.477 e. The fourth-order valence-electron chi connectivity index (χ4n) is 1.04. The highest BCUT2D eigenvalue weighted by molar-refractivity contribution is 5.85. The van der Waals surface area contributed by atoms with Crippen LogP contribution in [0, 0.1) is 11.3 Å². The lowest BCUT2D eigenvalue weighted by molar-refractivity contribution is 0.0690. The molecule has 0 saturated carbocycles. The van der Waals surface area contributed by atoms with E-state index in [-0.39, 0.29) is 5.69 Å². The molecule has 1 heterocycles. The summed E-state index contributed by atoms with van der Waals surface area (Å²) in [5, 5.41) is 19.9. The number of anilines is 1. The first-order chi connectivity index (χ1) is 7.24. The van der Waals surface area contributed by atoms with E-state index in [1.807, 2.05) is 6.07 Å². The van der Waals surface area contributed by atoms with E-state index in [1.54, 1.807) is 12.1 Å². The molecule has 0 aliphatic rings. The molecule has 1 aromatic heterocycles. The highest BCUT2D eigenvalue weighted by Crippen LogP contribution is 2.04. The van der Waals surface area contributed by atoms with Crippen molar-refractivity contribution in [2.24, 2.45) is 0 Å². The fraction of sp³-hybridized carbons (Fsp3) is 0.300. The number of hydrogen-bond donors (Lipinski definition) is 2. The molecule has 0 amide bonds. The number of carboxylic acid groups (broad SMARTS) is 1. The van der Waals surface area contributed by atoms with Gasteiger partial charge in [0.05, 0.1) is 6.07 Å². The third kappa shape index (κ3) is 3.65. The Morgan fingerprint density at radius 1 is 1.60 bits per heavy atom. The molecule has 1 rings (SSSR count). The van der Waals surface area contributed by atoms with Crippen molar-refractivity contribution in [2.75, 3.05) is 11.9 Å². The number of aromatic nitrogens is 1. The standard InChI is InChI=1S/C10H11N3O2/c11-6-1-2-7-12-9-5-3-4-8(13-9)10(14)15/h3-5H,1-2,7H2,(H,12,13)(H,14,15). The van der Waals surface area contributed by atoms with E-state index in [4.69, 9.17) is 10.4 Å². The molecule has 5 nitrogen and oxygen atoms in total. The van der Waals surface area contributed by atoms with Crippen LogP contribution in [0.5, 0.6) is 0 Å². The molecule has 78 valence electrons. The Balaban J connectivity index is 2.51. The van der Waals surface area contributed by atoms with Crippen molar-refractivity contribution in [3.8, 4) is 6.07 Å². The minimum atomic E-state index is -1.05. The van der Waals surface area contributed by atoms with E-state index in [0.29, 0.717) is 18.8 Å². The molecule has 0 aliphatic carbocycles. The van der Waals surface area contributed by atoms with Crippen molar-refractivity contribution in [1.82, 2.24) is 4.98 Å². The third-order valence-corrected chi connectivity index (χ3v) is 1.74. The second-order valence-electron chi connectivity index (χ2n) is 2.90. The number of nitrogens with zero attached hydrogens (tertiary/aromatic N) is 2. The van der Waals surface area contributed by atoms with Gasteiger partial charge in [-0.1, -0.05) is 6.07 Å². The van der Waals surface area contributed by atoms with E-state index >= 15 is 0 Å². The van der Waals surface area contributed by atoms with Crippen molar-refractivity contribution in [3.05, 3.63) is 23.9 Å². The van der Waals surface area contributed by atoms with Crippen molar-refractivity contribution < 1.29 is 9.90 Å². The monoisotopic (exact) mass is 205 g/mol. The van der Waals surface area contributed by atoms with Gasteiger partial charge in [0.2, 0.25) is 0 Å². The van der Waals surface area contributed by atoms with Crippen molar-refractivity contribution in [2.45, 2.75) is 12.8 Å². The van der Waals surface area contributed by atoms with Gasteiger partial charge in [-0.3, -0.25) is 0 Å². The largest absolute Gasteiger partial charge is 0.477 e. The zero-order valence-corrected chi connectivity index (χ0v) is 8.10. The van der Waals surface area contributed by atoms with Crippen LogP contribution in [-0.2, 0) is 0 Å². The molecular formula is C10H11N3O2. The number of nitrogens with one attached hydrogen (secondary N) is 1. The van der Waals surface area contributed by atoms with Gasteiger partial charge in [0.15, 0.2) is 5.69 Å². The SMILES string of the molecule is N#CCCCNc1cccc(C(=O)O)n1. The lowest BCUT2D eigenvalue weighted by Crippen LogP contribution is -2.06. The number of unbranched alkanes of at least 4 members (excludes halogenated alkanes) is 1. The molecule has 0 atom stereocenters. The van der Waals surface area contributed by atoms with Gasteiger partial charge >= 0.3 is 5.97 Å². The van der Waals surface area contributed by atoms with E-state index in [9.17, 15) is 4.79 Å². The van der Waals surface area contributed by atoms with Crippen LogP contribution >= 0.6 is 0 Å². The Kier molecular flexibility index (Phi) is 4.10. The lowest BCUT2D eigenvalue weighted by atomic mass is 10.3. The van der Waals surface area contributed by atoms with Gasteiger partial charge in [-0.2, -0.15) is 5.26 Å². The summed E-state index contributed by atoms with van der Waals surface area (Å²) in [5.41, 5.74) is 0.0142. The number of hydrogen-bond acceptors (Lipinski definition) is 4. The average molecular weight is 205 g/mol. The predicted octanol–water partition coefficient (Wildman–Crippen LogP) is 1.50. The molecule has 0 fully saturated rings. The highest BCUT2D eigenvalue weighted by atomic mass is 16.4. The molecule has 0 spiro atoms. The topological polar surface area (TPSA) is 86.0 Å². The first-order valence-corrected chi connectivity index (χ1v) is 4.55. The minimum absolute atomic E-state index is 0.0142. The summed E-state index contributed by atoms with van der Waals surface area (Å²) in [6.07, 6.45) is 1.20. The molecule has 0 aliphatic heterocycles. The normalized spacial score (nSPS) is 9.27. The van der Waals surface area contributed by atoms with Gasteiger partial charge in [0, 0.05) is 13.0 Å². The van der Waals surface area contributed by atoms with Gasteiger partial charge < -0.3 is 10.4 Å². The Morgan fingerprint density at radius 2 is 2.40 bits per heavy atom. The number of pyridine rings is 1. The van der Waals surface area contributed by atoms with Gasteiger partial charge in [-0.25, -0.2) is 9.78 Å². The second kappa shape index (κ2) is 5.60. The molecule has 0 aromatic carbocycles. The van der Waals surface area contributed by atoms with Crippen LogP contribution in [0.25, 0.3) is 0 Å². The van der Waals surface area contributed by atoms with Crippen LogP contribution in [0.15, 0.2) is 18.2 Å². The number of carbonyl (C=O) groups is 1. The quantitative estimate of drug-likeness (QED) is 0.711. The highest BCUT2D eigenvalue weighted by Gasteiger charge is 2.03. The van der Waals surface area contributed by atoms with Crippen LogP contribution < -0.4 is 5.32 Å². The summed E-state index contributed by atoms with van der Waals surface area (Å²) in [4.78, 5) is 14.5. The maximum atomic E-state index is 10.6. The summed E-state index contributed by atoms with van der Waals surface area (Å²) in [7, 11) is 0. The van der Waals surface area contributed by atoms with Gasteiger partial charge in [-0.05, 0) is 18.6 Å². The zero-order valence-electron chi connectivity index (χ0n) is 8.10. The Hall–Kier alpha value is -2.09. The molecule has 0 unspecified atom stereocenters. The zero-order chi connectivity index (χ0) is 11.1. The van der Waals surface area contributed by atoms with E-state index in [1.165, 1.54) is 6.07 Å². The Morgan fingerprint density at radius 3 is 3.07 bits per heavy atom. The van der Waals surface area contributed by atoms with E-state index < -0.39 is 5.97 Å². The van der Waals surface area contributed by atoms with Crippen LogP contribution in [0.3, 0.4) is 0 Å². The molecule has 5 heteroatoms. The van der Waals surface area contributed by atoms with Crippen molar-refractivity contribution in [3.63, 3.8) is 0 Å². The van der Waals surface area contributed by atoms with Crippen molar-refractivity contribution >= 4 is 11.8 Å². The Labute approximate surface area is 87.4 Å². The van der Waals surface area contributed by atoms with Crippen LogP contribution in [0.1, 0.15) is 23.3 Å². The van der Waals surface area contributed by atoms with E-state index in [2.05, 4.69) is 10.3 Å². The third-order valence-electron chi connectivity index (χ3n) is 1.74.